The Morgan fingerprint density at radius 2 is 1.89 bits per heavy atom. The predicted octanol–water partition coefficient (Wildman–Crippen LogP) is 3.56. The summed E-state index contributed by atoms with van der Waals surface area (Å²) >= 11 is 0. The number of anilines is 3. The van der Waals surface area contributed by atoms with Gasteiger partial charge in [-0.1, -0.05) is 18.2 Å². The molecule has 1 saturated heterocycles. The Hall–Kier alpha value is -3.66. The van der Waals surface area contributed by atoms with Gasteiger partial charge in [-0.2, -0.15) is 0 Å². The lowest BCUT2D eigenvalue weighted by Gasteiger charge is -2.32. The molecule has 0 radical (unpaired) electrons. The summed E-state index contributed by atoms with van der Waals surface area (Å²) in [5.74, 6) is 0.832. The van der Waals surface area contributed by atoms with Crippen LogP contribution < -0.4 is 19.3 Å². The SMILES string of the molecule is CCN(c1ccccc1)S(=O)(=O)c1ccc(OC)c(NC(=O)C2CCN(c3cnccn3)CC2)c1. The van der Waals surface area contributed by atoms with E-state index in [1.165, 1.54) is 23.5 Å². The van der Waals surface area contributed by atoms with Crippen LogP contribution in [0.15, 0.2) is 72.0 Å². The Kier molecular flexibility index (Phi) is 7.50. The number of nitrogens with one attached hydrogen (secondary N) is 1. The van der Waals surface area contributed by atoms with Crippen molar-refractivity contribution in [2.24, 2.45) is 5.92 Å². The van der Waals surface area contributed by atoms with E-state index < -0.39 is 10.0 Å². The summed E-state index contributed by atoms with van der Waals surface area (Å²) in [5.41, 5.74) is 0.908. The molecule has 184 valence electrons. The molecule has 1 N–H and O–H groups in total. The van der Waals surface area contributed by atoms with Gasteiger partial charge >= 0.3 is 0 Å². The number of carbonyl (C=O) groups is 1. The van der Waals surface area contributed by atoms with Gasteiger partial charge < -0.3 is 15.0 Å². The van der Waals surface area contributed by atoms with Gasteiger partial charge in [0.25, 0.3) is 10.0 Å². The Morgan fingerprint density at radius 3 is 2.51 bits per heavy atom. The Balaban J connectivity index is 1.51. The summed E-state index contributed by atoms with van der Waals surface area (Å²) in [7, 11) is -2.36. The highest BCUT2D eigenvalue weighted by Crippen LogP contribution is 2.32. The fraction of sp³-hybridized carbons (Fsp3) is 0.320. The van der Waals surface area contributed by atoms with E-state index in [0.717, 1.165) is 5.82 Å². The predicted molar refractivity (Wildman–Crippen MR) is 135 cm³/mol. The number of rotatable bonds is 8. The standard InChI is InChI=1S/C25H29N5O4S/c1-3-30(20-7-5-4-6-8-20)35(32,33)21-9-10-23(34-2)22(17-21)28-25(31)19-11-15-29(16-12-19)24-18-26-13-14-27-24/h4-10,13-14,17-19H,3,11-12,15-16H2,1-2H3,(H,28,31). The lowest BCUT2D eigenvalue weighted by atomic mass is 9.96. The molecule has 1 amide bonds. The van der Waals surface area contributed by atoms with E-state index in [1.54, 1.807) is 55.8 Å². The third-order valence-electron chi connectivity index (χ3n) is 6.09. The van der Waals surface area contributed by atoms with Crippen molar-refractivity contribution >= 4 is 33.1 Å². The van der Waals surface area contributed by atoms with Crippen LogP contribution >= 0.6 is 0 Å². The van der Waals surface area contributed by atoms with Crippen molar-refractivity contribution in [2.45, 2.75) is 24.7 Å². The average Bonchev–Trinajstić information content (AvgIpc) is 2.90. The molecule has 35 heavy (non-hydrogen) atoms. The minimum Gasteiger partial charge on any atom is -0.495 e. The maximum Gasteiger partial charge on any atom is 0.264 e. The van der Waals surface area contributed by atoms with Crippen LogP contribution in [0.2, 0.25) is 0 Å². The zero-order chi connectivity index (χ0) is 24.8. The molecule has 0 atom stereocenters. The molecule has 1 aliphatic rings. The van der Waals surface area contributed by atoms with E-state index in [1.807, 2.05) is 6.07 Å². The minimum atomic E-state index is -3.84. The van der Waals surface area contributed by atoms with Gasteiger partial charge in [0.1, 0.15) is 11.6 Å². The molecule has 0 spiro atoms. The van der Waals surface area contributed by atoms with Crippen LogP contribution in [0.3, 0.4) is 0 Å². The normalized spacial score (nSPS) is 14.4. The second kappa shape index (κ2) is 10.7. The molecular weight excluding hydrogens is 466 g/mol. The lowest BCUT2D eigenvalue weighted by Crippen LogP contribution is -2.38. The molecule has 1 aromatic heterocycles. The second-order valence-corrected chi connectivity index (χ2v) is 10.0. The summed E-state index contributed by atoms with van der Waals surface area (Å²) in [5, 5.41) is 2.90. The fourth-order valence-electron chi connectivity index (χ4n) is 4.22. The summed E-state index contributed by atoms with van der Waals surface area (Å²) in [6.07, 6.45) is 6.30. The molecule has 10 heteroatoms. The molecule has 0 bridgehead atoms. The third kappa shape index (κ3) is 5.37. The van der Waals surface area contributed by atoms with Gasteiger partial charge in [0.15, 0.2) is 0 Å². The van der Waals surface area contributed by atoms with Crippen molar-refractivity contribution in [3.63, 3.8) is 0 Å². The van der Waals surface area contributed by atoms with Crippen molar-refractivity contribution in [3.8, 4) is 5.75 Å². The molecule has 0 saturated carbocycles. The fourth-order valence-corrected chi connectivity index (χ4v) is 5.72. The monoisotopic (exact) mass is 495 g/mol. The number of nitrogens with zero attached hydrogens (tertiary/aromatic N) is 4. The number of ether oxygens (including phenoxy) is 1. The number of sulfonamides is 1. The summed E-state index contributed by atoms with van der Waals surface area (Å²) in [6, 6.07) is 13.5. The number of hydrogen-bond acceptors (Lipinski definition) is 7. The smallest absolute Gasteiger partial charge is 0.264 e. The third-order valence-corrected chi connectivity index (χ3v) is 7.99. The first-order valence-electron chi connectivity index (χ1n) is 11.5. The summed E-state index contributed by atoms with van der Waals surface area (Å²) in [6.45, 7) is 3.42. The van der Waals surface area contributed by atoms with E-state index in [0.29, 0.717) is 43.1 Å². The highest BCUT2D eigenvalue weighted by molar-refractivity contribution is 7.92. The molecule has 9 nitrogen and oxygen atoms in total. The number of methoxy groups -OCH3 is 1. The number of aromatic nitrogens is 2. The topological polar surface area (TPSA) is 105 Å². The van der Waals surface area contributed by atoms with Crippen molar-refractivity contribution in [1.82, 2.24) is 9.97 Å². The number of amides is 1. The van der Waals surface area contributed by atoms with E-state index in [9.17, 15) is 13.2 Å². The van der Waals surface area contributed by atoms with Gasteiger partial charge in [0.05, 0.1) is 29.6 Å². The number of hydrogen-bond donors (Lipinski definition) is 1. The van der Waals surface area contributed by atoms with E-state index in [2.05, 4.69) is 20.2 Å². The van der Waals surface area contributed by atoms with Crippen molar-refractivity contribution in [2.75, 3.05) is 41.3 Å². The van der Waals surface area contributed by atoms with Gasteiger partial charge in [-0.05, 0) is 50.1 Å². The quantitative estimate of drug-likeness (QED) is 0.509. The number of piperidine rings is 1. The number of benzene rings is 2. The molecular formula is C25H29N5O4S. The van der Waals surface area contributed by atoms with Crippen LogP contribution in [0, 0.1) is 5.92 Å². The summed E-state index contributed by atoms with van der Waals surface area (Å²) in [4.78, 5) is 23.7. The molecule has 0 unspecified atom stereocenters. The number of carbonyl (C=O) groups excluding carboxylic acids is 1. The van der Waals surface area contributed by atoms with Gasteiger partial charge in [0.2, 0.25) is 5.91 Å². The lowest BCUT2D eigenvalue weighted by molar-refractivity contribution is -0.120. The first kappa shape index (κ1) is 24.5. The maximum absolute atomic E-state index is 13.4. The molecule has 2 heterocycles. The second-order valence-electron chi connectivity index (χ2n) is 8.18. The van der Waals surface area contributed by atoms with Crippen LogP contribution in [0.25, 0.3) is 0 Å². The largest absolute Gasteiger partial charge is 0.495 e. The van der Waals surface area contributed by atoms with Gasteiger partial charge in [-0.3, -0.25) is 14.1 Å². The van der Waals surface area contributed by atoms with Crippen LogP contribution in [0.4, 0.5) is 17.2 Å². The Labute approximate surface area is 205 Å². The van der Waals surface area contributed by atoms with E-state index in [-0.39, 0.29) is 23.3 Å². The highest BCUT2D eigenvalue weighted by atomic mass is 32.2. The van der Waals surface area contributed by atoms with Gasteiger partial charge in [-0.25, -0.2) is 13.4 Å². The van der Waals surface area contributed by atoms with Crippen molar-refractivity contribution < 1.29 is 17.9 Å². The zero-order valence-electron chi connectivity index (χ0n) is 19.8. The number of para-hydroxylation sites is 1. The van der Waals surface area contributed by atoms with Crippen LogP contribution in [0.1, 0.15) is 19.8 Å². The zero-order valence-corrected chi connectivity index (χ0v) is 20.6. The van der Waals surface area contributed by atoms with Crippen LogP contribution in [-0.4, -0.2) is 51.0 Å². The first-order chi connectivity index (χ1) is 16.9. The Bertz CT molecular complexity index is 1250. The highest BCUT2D eigenvalue weighted by Gasteiger charge is 2.28. The molecule has 1 fully saturated rings. The summed E-state index contributed by atoms with van der Waals surface area (Å²) < 4.78 is 33.6. The van der Waals surface area contributed by atoms with Crippen LogP contribution in [0.5, 0.6) is 5.75 Å². The molecule has 1 aliphatic heterocycles. The van der Waals surface area contributed by atoms with Gasteiger partial charge in [-0.15, -0.1) is 0 Å². The van der Waals surface area contributed by atoms with E-state index >= 15 is 0 Å². The average molecular weight is 496 g/mol. The van der Waals surface area contributed by atoms with E-state index in [4.69, 9.17) is 4.74 Å². The molecule has 0 aliphatic carbocycles. The molecule has 4 rings (SSSR count). The minimum absolute atomic E-state index is 0.0803. The first-order valence-corrected chi connectivity index (χ1v) is 13.0. The van der Waals surface area contributed by atoms with Crippen molar-refractivity contribution in [1.29, 1.82) is 0 Å². The molecule has 2 aromatic carbocycles. The Morgan fingerprint density at radius 1 is 1.14 bits per heavy atom. The maximum atomic E-state index is 13.4. The van der Waals surface area contributed by atoms with Crippen molar-refractivity contribution in [3.05, 3.63) is 67.1 Å². The van der Waals surface area contributed by atoms with Gasteiger partial charge in [0, 0.05) is 37.9 Å². The molecule has 3 aromatic rings. The van der Waals surface area contributed by atoms with Crippen LogP contribution in [-0.2, 0) is 14.8 Å².